The van der Waals surface area contributed by atoms with Crippen LogP contribution in [-0.2, 0) is 17.8 Å². The van der Waals surface area contributed by atoms with Crippen molar-refractivity contribution in [2.45, 2.75) is 57.0 Å². The minimum Gasteiger partial charge on any atom is -0.481 e. The summed E-state index contributed by atoms with van der Waals surface area (Å²) in [5.41, 5.74) is 1.54. The van der Waals surface area contributed by atoms with E-state index in [9.17, 15) is 14.7 Å². The predicted octanol–water partition coefficient (Wildman–Crippen LogP) is 4.70. The van der Waals surface area contributed by atoms with Crippen LogP contribution in [-0.4, -0.2) is 44.5 Å². The number of fused-ring (bicyclic) bond motifs is 1. The summed E-state index contributed by atoms with van der Waals surface area (Å²) in [6.45, 7) is 2.74. The Bertz CT molecular complexity index is 962. The van der Waals surface area contributed by atoms with Crippen molar-refractivity contribution >= 4 is 35.3 Å². The number of hydrogen-bond donors (Lipinski definition) is 2. The zero-order chi connectivity index (χ0) is 22.4. The maximum Gasteiger partial charge on any atom is 0.340 e. The summed E-state index contributed by atoms with van der Waals surface area (Å²) in [6, 6.07) is 3.47. The van der Waals surface area contributed by atoms with Crippen LogP contribution >= 0.6 is 23.4 Å². The Hall–Kier alpha value is -2.39. The number of carboxylic acids is 2. The molecule has 1 aromatic heterocycles. The molecule has 0 aliphatic carbocycles. The van der Waals surface area contributed by atoms with Crippen LogP contribution in [0, 0.1) is 0 Å². The molecule has 0 saturated heterocycles. The molecule has 0 saturated carbocycles. The third-order valence-electron chi connectivity index (χ3n) is 4.85. The fraction of sp³-hybridized carbons (Fsp3) is 0.476. The number of thioether (sulfide) groups is 1. The maximum atomic E-state index is 12.1. The Morgan fingerprint density at radius 3 is 2.61 bits per heavy atom. The molecule has 1 aromatic carbocycles. The van der Waals surface area contributed by atoms with Gasteiger partial charge in [-0.1, -0.05) is 24.9 Å². The first-order valence-electron chi connectivity index (χ1n) is 10.2. The minimum atomic E-state index is -1.03. The van der Waals surface area contributed by atoms with E-state index in [0.717, 1.165) is 24.8 Å². The lowest BCUT2D eigenvalue weighted by atomic mass is 10.1. The number of carbonyl (C=O) groups is 2. The average Bonchev–Trinajstić information content (AvgIpc) is 3.29. The number of aliphatic carboxylic acids is 1. The molecule has 8 nitrogen and oxygen atoms in total. The number of aryl methyl sites for hydroxylation is 1. The molecule has 3 rings (SSSR count). The van der Waals surface area contributed by atoms with Crippen LogP contribution < -0.4 is 9.47 Å². The van der Waals surface area contributed by atoms with Gasteiger partial charge in [-0.25, -0.2) is 4.79 Å². The van der Waals surface area contributed by atoms with Crippen LogP contribution in [0.15, 0.2) is 17.2 Å². The van der Waals surface area contributed by atoms with Crippen molar-refractivity contribution in [2.24, 2.45) is 0 Å². The van der Waals surface area contributed by atoms with Crippen LogP contribution in [0.1, 0.15) is 60.6 Å². The third kappa shape index (κ3) is 5.86. The molecule has 1 aliphatic heterocycles. The quantitative estimate of drug-likeness (QED) is 0.340. The van der Waals surface area contributed by atoms with Gasteiger partial charge in [0, 0.05) is 30.5 Å². The molecule has 168 valence electrons. The first kappa shape index (κ1) is 23.3. The number of benzene rings is 1. The van der Waals surface area contributed by atoms with Gasteiger partial charge in [-0.15, -0.1) is 11.8 Å². The maximum absolute atomic E-state index is 12.1. The van der Waals surface area contributed by atoms with Crippen LogP contribution in [0.2, 0.25) is 5.02 Å². The van der Waals surface area contributed by atoms with E-state index in [1.165, 1.54) is 11.8 Å². The predicted molar refractivity (Wildman–Crippen MR) is 117 cm³/mol. The first-order chi connectivity index (χ1) is 14.9. The van der Waals surface area contributed by atoms with Gasteiger partial charge >= 0.3 is 11.9 Å². The molecule has 2 N–H and O–H groups in total. The first-order valence-corrected chi connectivity index (χ1v) is 11.5. The Morgan fingerprint density at radius 2 is 1.94 bits per heavy atom. The Morgan fingerprint density at radius 1 is 1.19 bits per heavy atom. The van der Waals surface area contributed by atoms with Crippen LogP contribution in [0.25, 0.3) is 0 Å². The van der Waals surface area contributed by atoms with Crippen molar-refractivity contribution in [3.8, 4) is 11.5 Å². The number of carboxylic acid groups (broad SMARTS) is 2. The number of ether oxygens (including phenoxy) is 2. The van der Waals surface area contributed by atoms with E-state index in [4.69, 9.17) is 26.2 Å². The van der Waals surface area contributed by atoms with Crippen molar-refractivity contribution in [2.75, 3.05) is 12.5 Å². The van der Waals surface area contributed by atoms with Gasteiger partial charge in [0.25, 0.3) is 0 Å². The minimum absolute atomic E-state index is 0.135. The van der Waals surface area contributed by atoms with Crippen molar-refractivity contribution in [1.82, 2.24) is 9.78 Å². The monoisotopic (exact) mass is 468 g/mol. The van der Waals surface area contributed by atoms with Crippen molar-refractivity contribution < 1.29 is 29.3 Å². The lowest BCUT2D eigenvalue weighted by Gasteiger charge is -2.10. The summed E-state index contributed by atoms with van der Waals surface area (Å²) in [6.07, 6.45) is 3.44. The number of aromatic carboxylic acids is 1. The second kappa shape index (κ2) is 10.8. The van der Waals surface area contributed by atoms with E-state index >= 15 is 0 Å². The molecule has 0 radical (unpaired) electrons. The zero-order valence-electron chi connectivity index (χ0n) is 17.2. The van der Waals surface area contributed by atoms with E-state index in [0.29, 0.717) is 52.4 Å². The smallest absolute Gasteiger partial charge is 0.340 e. The molecule has 2 heterocycles. The van der Waals surface area contributed by atoms with Gasteiger partial charge in [-0.05, 0) is 36.6 Å². The summed E-state index contributed by atoms with van der Waals surface area (Å²) in [5, 5.41) is 24.2. The summed E-state index contributed by atoms with van der Waals surface area (Å²) in [4.78, 5) is 22.7. The topological polar surface area (TPSA) is 111 Å². The number of nitrogens with zero attached hydrogens (tertiary/aromatic N) is 2. The normalized spacial score (nSPS) is 12.3. The van der Waals surface area contributed by atoms with E-state index in [1.54, 1.807) is 16.8 Å². The number of halogens is 1. The zero-order valence-corrected chi connectivity index (χ0v) is 18.8. The van der Waals surface area contributed by atoms with Gasteiger partial charge in [0.15, 0.2) is 11.5 Å². The molecule has 31 heavy (non-hydrogen) atoms. The van der Waals surface area contributed by atoms with Gasteiger partial charge < -0.3 is 19.7 Å². The van der Waals surface area contributed by atoms with E-state index in [1.807, 2.05) is 6.92 Å². The summed E-state index contributed by atoms with van der Waals surface area (Å²) in [7, 11) is 0. The molecule has 1 aliphatic rings. The summed E-state index contributed by atoms with van der Waals surface area (Å²) >= 11 is 7.81. The lowest BCUT2D eigenvalue weighted by molar-refractivity contribution is -0.137. The highest BCUT2D eigenvalue weighted by molar-refractivity contribution is 7.99. The molecule has 2 aromatic rings. The molecule has 0 spiro atoms. The van der Waals surface area contributed by atoms with Gasteiger partial charge in [0.05, 0.1) is 5.69 Å². The Balaban J connectivity index is 1.80. The fourth-order valence-corrected chi connectivity index (χ4v) is 4.63. The number of aromatic nitrogens is 2. The molecule has 0 atom stereocenters. The van der Waals surface area contributed by atoms with Gasteiger partial charge in [0.1, 0.15) is 10.6 Å². The van der Waals surface area contributed by atoms with Gasteiger partial charge in [-0.2, -0.15) is 5.10 Å². The number of hydrogen-bond acceptors (Lipinski definition) is 6. The highest BCUT2D eigenvalue weighted by Crippen LogP contribution is 2.38. The molecular weight excluding hydrogens is 444 g/mol. The highest BCUT2D eigenvalue weighted by Gasteiger charge is 2.25. The van der Waals surface area contributed by atoms with Crippen molar-refractivity contribution in [3.05, 3.63) is 34.0 Å². The van der Waals surface area contributed by atoms with Gasteiger partial charge in [-0.3, -0.25) is 9.48 Å². The van der Waals surface area contributed by atoms with Crippen molar-refractivity contribution in [1.29, 1.82) is 0 Å². The fourth-order valence-electron chi connectivity index (χ4n) is 3.36. The largest absolute Gasteiger partial charge is 0.481 e. The molecule has 0 unspecified atom stereocenters. The van der Waals surface area contributed by atoms with E-state index in [-0.39, 0.29) is 18.8 Å². The van der Waals surface area contributed by atoms with Crippen LogP contribution in [0.5, 0.6) is 11.5 Å². The second-order valence-electron chi connectivity index (χ2n) is 7.18. The van der Waals surface area contributed by atoms with Crippen molar-refractivity contribution in [3.63, 3.8) is 0 Å². The highest BCUT2D eigenvalue weighted by atomic mass is 35.5. The third-order valence-corrected chi connectivity index (χ3v) is 6.25. The molecule has 10 heteroatoms. The van der Waals surface area contributed by atoms with E-state index < -0.39 is 11.9 Å². The molecule has 0 amide bonds. The summed E-state index contributed by atoms with van der Waals surface area (Å²) < 4.78 is 12.5. The SMILES string of the molecule is CCCn1nc(SCCCCCC(=O)O)c(C(=O)O)c1Cc1cc2c(cc1Cl)OCO2. The second-order valence-corrected chi connectivity index (χ2v) is 8.67. The van der Waals surface area contributed by atoms with Gasteiger partial charge in [0.2, 0.25) is 6.79 Å². The average molecular weight is 469 g/mol. The molecule has 0 fully saturated rings. The van der Waals surface area contributed by atoms with Crippen LogP contribution in [0.4, 0.5) is 0 Å². The number of unbranched alkanes of at least 4 members (excludes halogenated alkanes) is 2. The van der Waals surface area contributed by atoms with E-state index in [2.05, 4.69) is 5.10 Å². The Labute approximate surface area is 189 Å². The Kier molecular flexibility index (Phi) is 8.09. The standard InChI is InChI=1S/C21H25ClN2O6S/c1-2-7-24-15(9-13-10-16-17(11-14(13)22)30-12-29-16)19(21(27)28)20(23-24)31-8-5-3-4-6-18(25)26/h10-11H,2-9,12H2,1H3,(H,25,26)(H,27,28). The van der Waals surface area contributed by atoms with Crippen LogP contribution in [0.3, 0.4) is 0 Å². The lowest BCUT2D eigenvalue weighted by Crippen LogP contribution is -2.09. The molecular formula is C21H25ClN2O6S. The summed E-state index contributed by atoms with van der Waals surface area (Å²) in [5.74, 6) is 0.0172. The number of rotatable bonds is 12. The molecule has 0 bridgehead atoms.